The van der Waals surface area contributed by atoms with Crippen LogP contribution in [-0.2, 0) is 11.3 Å². The van der Waals surface area contributed by atoms with Crippen LogP contribution in [0, 0.1) is 5.92 Å². The van der Waals surface area contributed by atoms with Gasteiger partial charge in [-0.2, -0.15) is 0 Å². The van der Waals surface area contributed by atoms with Crippen molar-refractivity contribution in [1.29, 1.82) is 0 Å². The third-order valence-corrected chi connectivity index (χ3v) is 2.20. The molecule has 0 aliphatic rings. The van der Waals surface area contributed by atoms with Crippen LogP contribution in [0.5, 0.6) is 0 Å². The molecule has 1 amide bonds. The summed E-state index contributed by atoms with van der Waals surface area (Å²) < 4.78 is 0. The van der Waals surface area contributed by atoms with Gasteiger partial charge in [-0.15, -0.1) is 11.3 Å². The van der Waals surface area contributed by atoms with Gasteiger partial charge in [-0.25, -0.2) is 4.98 Å². The molecule has 0 atom stereocenters. The van der Waals surface area contributed by atoms with E-state index in [1.807, 2.05) is 19.2 Å². The Kier molecular flexibility index (Phi) is 3.22. The molecule has 3 nitrogen and oxygen atoms in total. The predicted octanol–water partition coefficient (Wildman–Crippen LogP) is 1.42. The number of carbonyl (C=O) groups is 1. The van der Waals surface area contributed by atoms with E-state index in [1.165, 1.54) is 0 Å². The Morgan fingerprint density at radius 3 is 3.00 bits per heavy atom. The van der Waals surface area contributed by atoms with Crippen molar-refractivity contribution in [2.24, 2.45) is 5.92 Å². The molecule has 0 aliphatic heterocycles. The van der Waals surface area contributed by atoms with E-state index in [1.54, 1.807) is 17.5 Å². The molecule has 1 aromatic rings. The van der Waals surface area contributed by atoms with E-state index in [9.17, 15) is 4.79 Å². The van der Waals surface area contributed by atoms with Gasteiger partial charge in [0.1, 0.15) is 5.01 Å². The number of rotatable bonds is 3. The number of hydrogen-bond acceptors (Lipinski definition) is 3. The summed E-state index contributed by atoms with van der Waals surface area (Å²) in [6.45, 7) is 4.29. The molecule has 1 aromatic heterocycles. The monoisotopic (exact) mass is 184 g/mol. The Hall–Kier alpha value is -0.900. The number of nitrogens with one attached hydrogen (secondary N) is 1. The second-order valence-corrected chi connectivity index (χ2v) is 3.78. The van der Waals surface area contributed by atoms with Crippen molar-refractivity contribution in [1.82, 2.24) is 10.3 Å². The highest BCUT2D eigenvalue weighted by molar-refractivity contribution is 7.09. The van der Waals surface area contributed by atoms with E-state index < -0.39 is 0 Å². The highest BCUT2D eigenvalue weighted by Gasteiger charge is 2.05. The van der Waals surface area contributed by atoms with Gasteiger partial charge in [0.2, 0.25) is 5.91 Å². The third kappa shape index (κ3) is 2.62. The van der Waals surface area contributed by atoms with Gasteiger partial charge in [0.25, 0.3) is 0 Å². The van der Waals surface area contributed by atoms with E-state index in [2.05, 4.69) is 10.3 Å². The third-order valence-electron chi connectivity index (χ3n) is 1.42. The van der Waals surface area contributed by atoms with Crippen molar-refractivity contribution < 1.29 is 4.79 Å². The largest absolute Gasteiger partial charge is 0.349 e. The molecule has 0 spiro atoms. The van der Waals surface area contributed by atoms with Gasteiger partial charge in [-0.1, -0.05) is 13.8 Å². The van der Waals surface area contributed by atoms with Gasteiger partial charge >= 0.3 is 0 Å². The molecule has 1 heterocycles. The first-order chi connectivity index (χ1) is 5.70. The Morgan fingerprint density at radius 2 is 2.50 bits per heavy atom. The van der Waals surface area contributed by atoms with Crippen LogP contribution >= 0.6 is 11.3 Å². The van der Waals surface area contributed by atoms with Crippen LogP contribution in [0.3, 0.4) is 0 Å². The first kappa shape index (κ1) is 9.19. The molecule has 4 heteroatoms. The Bertz CT molecular complexity index is 244. The highest BCUT2D eigenvalue weighted by atomic mass is 32.1. The summed E-state index contributed by atoms with van der Waals surface area (Å²) >= 11 is 1.55. The van der Waals surface area contributed by atoms with Crippen LogP contribution in [0.4, 0.5) is 0 Å². The zero-order chi connectivity index (χ0) is 8.97. The van der Waals surface area contributed by atoms with Crippen LogP contribution in [0.2, 0.25) is 0 Å². The highest BCUT2D eigenvalue weighted by Crippen LogP contribution is 2.03. The number of nitrogens with zero attached hydrogens (tertiary/aromatic N) is 1. The normalized spacial score (nSPS) is 10.2. The van der Waals surface area contributed by atoms with Crippen molar-refractivity contribution in [3.63, 3.8) is 0 Å². The zero-order valence-electron chi connectivity index (χ0n) is 7.20. The molecule has 12 heavy (non-hydrogen) atoms. The molecule has 0 saturated carbocycles. The standard InChI is InChI=1S/C8H12N2OS/c1-6(2)8(11)10-5-7-9-3-4-12-7/h3-4,6H,5H2,1-2H3,(H,10,11). The van der Waals surface area contributed by atoms with Crippen molar-refractivity contribution in [3.05, 3.63) is 16.6 Å². The molecular weight excluding hydrogens is 172 g/mol. The number of hydrogen-bond donors (Lipinski definition) is 1. The molecule has 0 unspecified atom stereocenters. The minimum Gasteiger partial charge on any atom is -0.349 e. The van der Waals surface area contributed by atoms with Gasteiger partial charge in [-0.3, -0.25) is 4.79 Å². The summed E-state index contributed by atoms with van der Waals surface area (Å²) in [4.78, 5) is 15.2. The van der Waals surface area contributed by atoms with Crippen molar-refractivity contribution >= 4 is 17.2 Å². The van der Waals surface area contributed by atoms with Gasteiger partial charge in [0, 0.05) is 17.5 Å². The van der Waals surface area contributed by atoms with Crippen molar-refractivity contribution in [2.75, 3.05) is 0 Å². The fraction of sp³-hybridized carbons (Fsp3) is 0.500. The Labute approximate surface area is 75.8 Å². The number of aromatic nitrogens is 1. The minimum atomic E-state index is 0.0463. The summed E-state index contributed by atoms with van der Waals surface area (Å²) in [6.07, 6.45) is 1.74. The lowest BCUT2D eigenvalue weighted by Crippen LogP contribution is -2.26. The van der Waals surface area contributed by atoms with Crippen molar-refractivity contribution in [2.45, 2.75) is 20.4 Å². The smallest absolute Gasteiger partial charge is 0.222 e. The average molecular weight is 184 g/mol. The lowest BCUT2D eigenvalue weighted by molar-refractivity contribution is -0.124. The fourth-order valence-electron chi connectivity index (χ4n) is 0.707. The minimum absolute atomic E-state index is 0.0463. The molecule has 1 rings (SSSR count). The topological polar surface area (TPSA) is 42.0 Å². The van der Waals surface area contributed by atoms with E-state index in [-0.39, 0.29) is 11.8 Å². The van der Waals surface area contributed by atoms with E-state index in [0.717, 1.165) is 5.01 Å². The summed E-state index contributed by atoms with van der Waals surface area (Å²) in [5, 5.41) is 5.64. The summed E-state index contributed by atoms with van der Waals surface area (Å²) in [7, 11) is 0. The first-order valence-electron chi connectivity index (χ1n) is 3.86. The van der Waals surface area contributed by atoms with E-state index in [0.29, 0.717) is 6.54 Å². The lowest BCUT2D eigenvalue weighted by Gasteiger charge is -2.04. The second-order valence-electron chi connectivity index (χ2n) is 2.80. The summed E-state index contributed by atoms with van der Waals surface area (Å²) in [6, 6.07) is 0. The van der Waals surface area contributed by atoms with Crippen LogP contribution in [0.1, 0.15) is 18.9 Å². The molecule has 0 fully saturated rings. The van der Waals surface area contributed by atoms with Crippen LogP contribution in [-0.4, -0.2) is 10.9 Å². The molecule has 0 bridgehead atoms. The maximum absolute atomic E-state index is 11.1. The molecule has 1 N–H and O–H groups in total. The molecule has 0 radical (unpaired) electrons. The predicted molar refractivity (Wildman–Crippen MR) is 48.8 cm³/mol. The first-order valence-corrected chi connectivity index (χ1v) is 4.74. The Morgan fingerprint density at radius 1 is 1.75 bits per heavy atom. The maximum atomic E-state index is 11.1. The number of amides is 1. The number of thiazole rings is 1. The molecule has 66 valence electrons. The molecule has 0 aromatic carbocycles. The summed E-state index contributed by atoms with van der Waals surface area (Å²) in [5.74, 6) is 0.121. The van der Waals surface area contributed by atoms with Gasteiger partial charge in [0.15, 0.2) is 0 Å². The van der Waals surface area contributed by atoms with E-state index in [4.69, 9.17) is 0 Å². The van der Waals surface area contributed by atoms with E-state index >= 15 is 0 Å². The summed E-state index contributed by atoms with van der Waals surface area (Å²) in [5.41, 5.74) is 0. The molecular formula is C8H12N2OS. The molecule has 0 aliphatic carbocycles. The van der Waals surface area contributed by atoms with Crippen molar-refractivity contribution in [3.8, 4) is 0 Å². The average Bonchev–Trinajstić information content (AvgIpc) is 2.51. The molecule has 0 saturated heterocycles. The van der Waals surface area contributed by atoms with Crippen LogP contribution < -0.4 is 5.32 Å². The lowest BCUT2D eigenvalue weighted by atomic mass is 10.2. The van der Waals surface area contributed by atoms with Crippen LogP contribution in [0.25, 0.3) is 0 Å². The van der Waals surface area contributed by atoms with Crippen LogP contribution in [0.15, 0.2) is 11.6 Å². The Balaban J connectivity index is 2.32. The van der Waals surface area contributed by atoms with Gasteiger partial charge < -0.3 is 5.32 Å². The number of carbonyl (C=O) groups excluding carboxylic acids is 1. The maximum Gasteiger partial charge on any atom is 0.222 e. The second kappa shape index (κ2) is 4.21. The SMILES string of the molecule is CC(C)C(=O)NCc1nccs1. The van der Waals surface area contributed by atoms with Gasteiger partial charge in [-0.05, 0) is 0 Å². The van der Waals surface area contributed by atoms with Gasteiger partial charge in [0.05, 0.1) is 6.54 Å². The zero-order valence-corrected chi connectivity index (χ0v) is 8.02. The quantitative estimate of drug-likeness (QED) is 0.771. The fourth-order valence-corrected chi connectivity index (χ4v) is 1.26.